The van der Waals surface area contributed by atoms with Crippen molar-refractivity contribution in [1.29, 1.82) is 0 Å². The van der Waals surface area contributed by atoms with E-state index in [0.29, 0.717) is 10.6 Å². The third kappa shape index (κ3) is 3.22. The van der Waals surface area contributed by atoms with Gasteiger partial charge in [0.15, 0.2) is 6.61 Å². The number of nitrogens with zero attached hydrogens (tertiary/aromatic N) is 3. The molecule has 3 heterocycles. The van der Waals surface area contributed by atoms with Crippen LogP contribution in [0.2, 0.25) is 0 Å². The van der Waals surface area contributed by atoms with Crippen LogP contribution in [0.5, 0.6) is 0 Å². The average molecular weight is 388 g/mol. The highest BCUT2D eigenvalue weighted by Crippen LogP contribution is 2.22. The van der Waals surface area contributed by atoms with Crippen molar-refractivity contribution in [2.24, 2.45) is 14.1 Å². The fraction of sp³-hybridized carbons (Fsp3) is 0.176. The van der Waals surface area contributed by atoms with Crippen LogP contribution in [0, 0.1) is 0 Å². The highest BCUT2D eigenvalue weighted by Gasteiger charge is 2.23. The maximum atomic E-state index is 12.4. The zero-order valence-electron chi connectivity index (χ0n) is 14.5. The number of hydrogen-bond acceptors (Lipinski definition) is 7. The molecular weight excluding hydrogens is 372 g/mol. The molecule has 0 aromatic carbocycles. The van der Waals surface area contributed by atoms with Crippen LogP contribution in [0.3, 0.4) is 0 Å². The summed E-state index contributed by atoms with van der Waals surface area (Å²) < 4.78 is 8.58. The molecule has 0 unspecified atom stereocenters. The van der Waals surface area contributed by atoms with Crippen molar-refractivity contribution in [2.75, 3.05) is 12.3 Å². The molecule has 10 heteroatoms. The summed E-state index contributed by atoms with van der Waals surface area (Å²) in [5.74, 6) is -1.74. The molecule has 0 fully saturated rings. The maximum Gasteiger partial charge on any atom is 0.350 e. The van der Waals surface area contributed by atoms with Crippen molar-refractivity contribution >= 4 is 28.9 Å². The number of nitrogen functional groups attached to an aromatic ring is 1. The first-order valence-electron chi connectivity index (χ1n) is 7.79. The Hall–Kier alpha value is -3.40. The van der Waals surface area contributed by atoms with Crippen LogP contribution < -0.4 is 17.0 Å². The van der Waals surface area contributed by atoms with Gasteiger partial charge in [0.2, 0.25) is 5.78 Å². The number of thiophene rings is 1. The van der Waals surface area contributed by atoms with Crippen LogP contribution in [0.1, 0.15) is 20.0 Å². The standard InChI is InChI=1S/C17H16N4O5S/c1-19-14(18)12(15(23)20(2)17(19)25)11(22)9-26-16(24)13-10(5-8-27-13)21-6-3-4-7-21/h3-8H,9,18H2,1-2H3. The van der Waals surface area contributed by atoms with Gasteiger partial charge >= 0.3 is 11.7 Å². The second-order valence-electron chi connectivity index (χ2n) is 5.69. The Kier molecular flexibility index (Phi) is 4.82. The SMILES string of the molecule is Cn1c(N)c(C(=O)COC(=O)c2sccc2-n2cccc2)c(=O)n(C)c1=O. The molecule has 3 rings (SSSR count). The Labute approximate surface area is 156 Å². The summed E-state index contributed by atoms with van der Waals surface area (Å²) in [4.78, 5) is 49.1. The number of hydrogen-bond donors (Lipinski definition) is 1. The molecule has 0 spiro atoms. The minimum absolute atomic E-state index is 0.270. The van der Waals surface area contributed by atoms with Gasteiger partial charge in [-0.3, -0.25) is 18.7 Å². The van der Waals surface area contributed by atoms with E-state index in [-0.39, 0.29) is 11.4 Å². The topological polar surface area (TPSA) is 118 Å². The van der Waals surface area contributed by atoms with E-state index in [0.717, 1.165) is 9.13 Å². The quantitative estimate of drug-likeness (QED) is 0.504. The molecule has 0 saturated heterocycles. The second-order valence-corrected chi connectivity index (χ2v) is 6.61. The first kappa shape index (κ1) is 18.4. The van der Waals surface area contributed by atoms with E-state index in [2.05, 4.69) is 0 Å². The lowest BCUT2D eigenvalue weighted by Crippen LogP contribution is -2.42. The van der Waals surface area contributed by atoms with Crippen molar-refractivity contribution in [1.82, 2.24) is 13.7 Å². The van der Waals surface area contributed by atoms with Crippen molar-refractivity contribution < 1.29 is 14.3 Å². The molecule has 0 radical (unpaired) electrons. The van der Waals surface area contributed by atoms with Gasteiger partial charge in [-0.1, -0.05) is 0 Å². The van der Waals surface area contributed by atoms with Crippen LogP contribution in [0.4, 0.5) is 5.82 Å². The van der Waals surface area contributed by atoms with Gasteiger partial charge in [0.25, 0.3) is 5.56 Å². The van der Waals surface area contributed by atoms with Crippen molar-refractivity contribution in [3.8, 4) is 5.69 Å². The maximum absolute atomic E-state index is 12.4. The van der Waals surface area contributed by atoms with Gasteiger partial charge < -0.3 is 15.0 Å². The fourth-order valence-corrected chi connectivity index (χ4v) is 3.33. The highest BCUT2D eigenvalue weighted by molar-refractivity contribution is 7.12. The largest absolute Gasteiger partial charge is 0.453 e. The van der Waals surface area contributed by atoms with E-state index in [1.165, 1.54) is 25.4 Å². The molecule has 2 N–H and O–H groups in total. The lowest BCUT2D eigenvalue weighted by molar-refractivity contribution is 0.0479. The minimum atomic E-state index is -0.833. The zero-order chi connectivity index (χ0) is 19.7. The van der Waals surface area contributed by atoms with Crippen LogP contribution in [0.25, 0.3) is 5.69 Å². The van der Waals surface area contributed by atoms with Gasteiger partial charge in [-0.05, 0) is 23.6 Å². The summed E-state index contributed by atoms with van der Waals surface area (Å²) in [5.41, 5.74) is 4.49. The third-order valence-corrected chi connectivity index (χ3v) is 4.92. The summed E-state index contributed by atoms with van der Waals surface area (Å²) in [6.07, 6.45) is 3.55. The molecule has 0 saturated carbocycles. The van der Waals surface area contributed by atoms with E-state index in [9.17, 15) is 19.2 Å². The molecular formula is C17H16N4O5S. The molecule has 0 aliphatic rings. The zero-order valence-corrected chi connectivity index (χ0v) is 15.4. The minimum Gasteiger partial charge on any atom is -0.453 e. The molecule has 0 aliphatic carbocycles. The van der Waals surface area contributed by atoms with Crippen molar-refractivity contribution in [2.45, 2.75) is 0 Å². The Bertz CT molecular complexity index is 1140. The van der Waals surface area contributed by atoms with Crippen LogP contribution in [-0.4, -0.2) is 32.1 Å². The van der Waals surface area contributed by atoms with E-state index in [4.69, 9.17) is 10.5 Å². The van der Waals surface area contributed by atoms with Gasteiger partial charge in [0.05, 0.1) is 5.69 Å². The highest BCUT2D eigenvalue weighted by atomic mass is 32.1. The Morgan fingerprint density at radius 1 is 1.15 bits per heavy atom. The van der Waals surface area contributed by atoms with Gasteiger partial charge in [-0.25, -0.2) is 9.59 Å². The summed E-state index contributed by atoms with van der Waals surface area (Å²) in [6, 6.07) is 5.38. The van der Waals surface area contributed by atoms with Gasteiger partial charge in [0, 0.05) is 26.5 Å². The van der Waals surface area contributed by atoms with Crippen molar-refractivity contribution in [3.05, 3.63) is 67.3 Å². The number of anilines is 1. The number of aromatic nitrogens is 3. The Morgan fingerprint density at radius 2 is 1.81 bits per heavy atom. The van der Waals surface area contributed by atoms with E-state index in [1.54, 1.807) is 28.4 Å². The van der Waals surface area contributed by atoms with Crippen molar-refractivity contribution in [3.63, 3.8) is 0 Å². The number of ketones is 1. The summed E-state index contributed by atoms with van der Waals surface area (Å²) >= 11 is 1.17. The van der Waals surface area contributed by atoms with Crippen LogP contribution in [-0.2, 0) is 18.8 Å². The molecule has 27 heavy (non-hydrogen) atoms. The first-order valence-corrected chi connectivity index (χ1v) is 8.67. The molecule has 9 nitrogen and oxygen atoms in total. The number of ether oxygens (including phenoxy) is 1. The molecule has 3 aromatic heterocycles. The summed E-state index contributed by atoms with van der Waals surface area (Å²) in [5, 5.41) is 1.73. The predicted octanol–water partition coefficient (Wildman–Crippen LogP) is 0.558. The smallest absolute Gasteiger partial charge is 0.350 e. The lowest BCUT2D eigenvalue weighted by atomic mass is 10.2. The average Bonchev–Trinajstić information content (AvgIpc) is 3.33. The predicted molar refractivity (Wildman–Crippen MR) is 99.6 cm³/mol. The van der Waals surface area contributed by atoms with Crippen LogP contribution >= 0.6 is 11.3 Å². The summed E-state index contributed by atoms with van der Waals surface area (Å²) in [7, 11) is 2.58. The number of carbonyl (C=O) groups is 2. The van der Waals surface area contributed by atoms with Gasteiger partial charge in [-0.15, -0.1) is 11.3 Å². The van der Waals surface area contributed by atoms with E-state index in [1.807, 2.05) is 12.1 Å². The normalized spacial score (nSPS) is 10.7. The fourth-order valence-electron chi connectivity index (χ4n) is 2.54. The number of carbonyl (C=O) groups excluding carboxylic acids is 2. The second kappa shape index (κ2) is 7.08. The first-order chi connectivity index (χ1) is 12.8. The number of rotatable bonds is 5. The van der Waals surface area contributed by atoms with E-state index < -0.39 is 29.6 Å². The molecule has 0 bridgehead atoms. The number of esters is 1. The number of Topliss-reactive ketones (excluding diaryl/α,β-unsaturated/α-hetero) is 1. The Morgan fingerprint density at radius 3 is 2.48 bits per heavy atom. The monoisotopic (exact) mass is 388 g/mol. The number of nitrogens with two attached hydrogens (primary N) is 1. The molecule has 140 valence electrons. The Balaban J connectivity index is 1.82. The third-order valence-electron chi connectivity index (χ3n) is 4.04. The van der Waals surface area contributed by atoms with Gasteiger partial charge in [0.1, 0.15) is 16.3 Å². The van der Waals surface area contributed by atoms with Gasteiger partial charge in [-0.2, -0.15) is 0 Å². The molecule has 0 amide bonds. The molecule has 3 aromatic rings. The lowest BCUT2D eigenvalue weighted by Gasteiger charge is -2.11. The molecule has 0 atom stereocenters. The van der Waals surface area contributed by atoms with E-state index >= 15 is 0 Å². The summed E-state index contributed by atoms with van der Waals surface area (Å²) in [6.45, 7) is -0.667. The van der Waals surface area contributed by atoms with Crippen LogP contribution in [0.15, 0.2) is 45.6 Å². The molecule has 0 aliphatic heterocycles.